The van der Waals surface area contributed by atoms with Crippen LogP contribution in [0, 0.1) is 5.92 Å². The molecule has 12 heavy (non-hydrogen) atoms. The van der Waals surface area contributed by atoms with Gasteiger partial charge in [0.2, 0.25) is 0 Å². The number of ether oxygens (including phenoxy) is 1. The van der Waals surface area contributed by atoms with Gasteiger partial charge in [0.25, 0.3) is 0 Å². The maximum Gasteiger partial charge on any atom is 0.331 e. The lowest BCUT2D eigenvalue weighted by Gasteiger charge is -2.17. The predicted octanol–water partition coefficient (Wildman–Crippen LogP) is 0.875. The summed E-state index contributed by atoms with van der Waals surface area (Å²) in [5, 5.41) is 9.51. The molecule has 3 heteroatoms. The molecule has 1 aliphatic heterocycles. The molecule has 1 rings (SSSR count). The normalized spacial score (nSPS) is 24.7. The Balaban J connectivity index is 2.39. The van der Waals surface area contributed by atoms with Gasteiger partial charge in [-0.1, -0.05) is 13.8 Å². The van der Waals surface area contributed by atoms with E-state index in [1.54, 1.807) is 6.08 Å². The van der Waals surface area contributed by atoms with E-state index in [0.717, 1.165) is 0 Å². The number of carbonyl (C=O) groups excluding carboxylic acids is 1. The molecule has 0 amide bonds. The standard InChI is InChI=1S/C9H14O3/c1-6(2)5-7(10)8-3-4-9(11)12-8/h3-4,6-8,10H,5H2,1-2H3/t7-,8-/m0/s1. The predicted molar refractivity (Wildman–Crippen MR) is 44.5 cm³/mol. The molecule has 0 aliphatic carbocycles. The van der Waals surface area contributed by atoms with Gasteiger partial charge in [-0.25, -0.2) is 4.79 Å². The number of aliphatic hydroxyl groups excluding tert-OH is 1. The molecule has 0 aromatic rings. The highest BCUT2D eigenvalue weighted by atomic mass is 16.6. The fourth-order valence-electron chi connectivity index (χ4n) is 1.21. The molecule has 1 aliphatic rings. The smallest absolute Gasteiger partial charge is 0.331 e. The van der Waals surface area contributed by atoms with Gasteiger partial charge in [-0.3, -0.25) is 0 Å². The van der Waals surface area contributed by atoms with E-state index in [2.05, 4.69) is 0 Å². The summed E-state index contributed by atoms with van der Waals surface area (Å²) in [6, 6.07) is 0. The molecule has 0 unspecified atom stereocenters. The number of hydrogen-bond donors (Lipinski definition) is 1. The average molecular weight is 170 g/mol. The molecule has 68 valence electrons. The third-order valence-corrected chi connectivity index (χ3v) is 1.77. The Morgan fingerprint density at radius 3 is 2.75 bits per heavy atom. The molecule has 0 spiro atoms. The Morgan fingerprint density at radius 2 is 2.33 bits per heavy atom. The highest BCUT2D eigenvalue weighted by Gasteiger charge is 2.24. The fourth-order valence-corrected chi connectivity index (χ4v) is 1.21. The van der Waals surface area contributed by atoms with Crippen molar-refractivity contribution in [3.63, 3.8) is 0 Å². The highest BCUT2D eigenvalue weighted by molar-refractivity contribution is 5.84. The number of hydrogen-bond acceptors (Lipinski definition) is 3. The first kappa shape index (κ1) is 9.26. The van der Waals surface area contributed by atoms with Crippen LogP contribution in [0.5, 0.6) is 0 Å². The fraction of sp³-hybridized carbons (Fsp3) is 0.667. The highest BCUT2D eigenvalue weighted by Crippen LogP contribution is 2.15. The number of carbonyl (C=O) groups is 1. The Hall–Kier alpha value is -0.830. The van der Waals surface area contributed by atoms with E-state index in [-0.39, 0.29) is 5.97 Å². The second kappa shape index (κ2) is 3.72. The van der Waals surface area contributed by atoms with Gasteiger partial charge in [0.05, 0.1) is 6.10 Å². The molecule has 0 radical (unpaired) electrons. The Bertz CT molecular complexity index is 196. The van der Waals surface area contributed by atoms with E-state index in [4.69, 9.17) is 4.74 Å². The Morgan fingerprint density at radius 1 is 1.67 bits per heavy atom. The van der Waals surface area contributed by atoms with E-state index in [0.29, 0.717) is 12.3 Å². The SMILES string of the molecule is CC(C)C[C@H](O)[C@@H]1C=CC(=O)O1. The van der Waals surface area contributed by atoms with E-state index < -0.39 is 12.2 Å². The first-order valence-electron chi connectivity index (χ1n) is 4.16. The molecule has 0 bridgehead atoms. The minimum Gasteiger partial charge on any atom is -0.452 e. The van der Waals surface area contributed by atoms with Crippen molar-refractivity contribution >= 4 is 5.97 Å². The number of cyclic esters (lactones) is 1. The second-order valence-corrected chi connectivity index (χ2v) is 3.46. The lowest BCUT2D eigenvalue weighted by molar-refractivity contribution is -0.143. The van der Waals surface area contributed by atoms with Crippen molar-refractivity contribution in [1.82, 2.24) is 0 Å². The summed E-state index contributed by atoms with van der Waals surface area (Å²) < 4.78 is 4.82. The summed E-state index contributed by atoms with van der Waals surface area (Å²) in [6.07, 6.45) is 2.62. The van der Waals surface area contributed by atoms with Crippen molar-refractivity contribution in [2.24, 2.45) is 5.92 Å². The lowest BCUT2D eigenvalue weighted by atomic mass is 10.0. The van der Waals surface area contributed by atoms with Crippen LogP contribution in [0.4, 0.5) is 0 Å². The second-order valence-electron chi connectivity index (χ2n) is 3.46. The molecule has 0 saturated carbocycles. The topological polar surface area (TPSA) is 46.5 Å². The number of rotatable bonds is 3. The van der Waals surface area contributed by atoms with Crippen LogP contribution in [0.15, 0.2) is 12.2 Å². The molecular weight excluding hydrogens is 156 g/mol. The van der Waals surface area contributed by atoms with Gasteiger partial charge in [-0.2, -0.15) is 0 Å². The van der Waals surface area contributed by atoms with Gasteiger partial charge >= 0.3 is 5.97 Å². The van der Waals surface area contributed by atoms with Crippen LogP contribution in [-0.2, 0) is 9.53 Å². The zero-order chi connectivity index (χ0) is 9.14. The molecule has 1 heterocycles. The summed E-state index contributed by atoms with van der Waals surface area (Å²) in [7, 11) is 0. The average Bonchev–Trinajstić information content (AvgIpc) is 2.34. The van der Waals surface area contributed by atoms with E-state index >= 15 is 0 Å². The maximum absolute atomic E-state index is 10.6. The van der Waals surface area contributed by atoms with E-state index in [9.17, 15) is 9.90 Å². The van der Waals surface area contributed by atoms with Crippen LogP contribution >= 0.6 is 0 Å². The van der Waals surface area contributed by atoms with Crippen LogP contribution in [0.1, 0.15) is 20.3 Å². The van der Waals surface area contributed by atoms with Gasteiger partial charge in [0, 0.05) is 6.08 Å². The van der Waals surface area contributed by atoms with Crippen molar-refractivity contribution in [2.75, 3.05) is 0 Å². The molecule has 0 saturated heterocycles. The van der Waals surface area contributed by atoms with Gasteiger partial charge < -0.3 is 9.84 Å². The minimum absolute atomic E-state index is 0.359. The number of esters is 1. The van der Waals surface area contributed by atoms with Crippen molar-refractivity contribution < 1.29 is 14.6 Å². The summed E-state index contributed by atoms with van der Waals surface area (Å²) in [5.74, 6) is 0.0514. The van der Waals surface area contributed by atoms with Gasteiger partial charge in [0.15, 0.2) is 0 Å². The molecule has 0 fully saturated rings. The zero-order valence-electron chi connectivity index (χ0n) is 7.36. The third-order valence-electron chi connectivity index (χ3n) is 1.77. The van der Waals surface area contributed by atoms with Gasteiger partial charge in [-0.05, 0) is 18.4 Å². The van der Waals surface area contributed by atoms with Crippen molar-refractivity contribution in [3.05, 3.63) is 12.2 Å². The molecular formula is C9H14O3. The summed E-state index contributed by atoms with van der Waals surface area (Å²) in [6.45, 7) is 4.04. The van der Waals surface area contributed by atoms with Crippen molar-refractivity contribution in [2.45, 2.75) is 32.5 Å². The van der Waals surface area contributed by atoms with Crippen molar-refractivity contribution in [1.29, 1.82) is 0 Å². The van der Waals surface area contributed by atoms with E-state index in [1.807, 2.05) is 13.8 Å². The van der Waals surface area contributed by atoms with Crippen LogP contribution in [0.2, 0.25) is 0 Å². The van der Waals surface area contributed by atoms with Crippen LogP contribution in [-0.4, -0.2) is 23.3 Å². The van der Waals surface area contributed by atoms with Crippen molar-refractivity contribution in [3.8, 4) is 0 Å². The molecule has 2 atom stereocenters. The third kappa shape index (κ3) is 2.34. The molecule has 1 N–H and O–H groups in total. The van der Waals surface area contributed by atoms with Gasteiger partial charge in [-0.15, -0.1) is 0 Å². The lowest BCUT2D eigenvalue weighted by Crippen LogP contribution is -2.26. The zero-order valence-corrected chi connectivity index (χ0v) is 7.36. The Kier molecular flexibility index (Phi) is 2.87. The summed E-state index contributed by atoms with van der Waals surface area (Å²) in [4.78, 5) is 10.6. The first-order chi connectivity index (χ1) is 5.59. The molecule has 0 aromatic heterocycles. The van der Waals surface area contributed by atoms with Gasteiger partial charge in [0.1, 0.15) is 6.10 Å². The largest absolute Gasteiger partial charge is 0.452 e. The van der Waals surface area contributed by atoms with Crippen LogP contribution in [0.25, 0.3) is 0 Å². The minimum atomic E-state index is -0.562. The Labute approximate surface area is 72.0 Å². The maximum atomic E-state index is 10.6. The number of aliphatic hydroxyl groups is 1. The van der Waals surface area contributed by atoms with Crippen LogP contribution < -0.4 is 0 Å². The first-order valence-corrected chi connectivity index (χ1v) is 4.16. The van der Waals surface area contributed by atoms with E-state index in [1.165, 1.54) is 6.08 Å². The molecule has 0 aromatic carbocycles. The molecule has 3 nitrogen and oxygen atoms in total. The monoisotopic (exact) mass is 170 g/mol. The van der Waals surface area contributed by atoms with Crippen LogP contribution in [0.3, 0.4) is 0 Å². The summed E-state index contributed by atoms with van der Waals surface area (Å²) >= 11 is 0. The quantitative estimate of drug-likeness (QED) is 0.639. The summed E-state index contributed by atoms with van der Waals surface area (Å²) in [5.41, 5.74) is 0.